The Hall–Kier alpha value is -2.20. The van der Waals surface area contributed by atoms with Crippen molar-refractivity contribution in [3.8, 4) is 23.8 Å². The summed E-state index contributed by atoms with van der Waals surface area (Å²) >= 11 is 0. The van der Waals surface area contributed by atoms with Crippen LogP contribution in [0.5, 0.6) is 11.5 Å². The molecule has 0 amide bonds. The first-order chi connectivity index (χ1) is 7.88. The lowest BCUT2D eigenvalue weighted by molar-refractivity contribution is 0.482. The SMILES string of the molecule is C#C[CH]c1ccc(Oc2ccccc2)cc1. The van der Waals surface area contributed by atoms with Crippen molar-refractivity contribution in [1.29, 1.82) is 0 Å². The van der Waals surface area contributed by atoms with Crippen LogP contribution >= 0.6 is 0 Å². The van der Waals surface area contributed by atoms with E-state index in [9.17, 15) is 0 Å². The minimum Gasteiger partial charge on any atom is -0.457 e. The molecule has 0 aliphatic rings. The molecule has 2 rings (SSSR count). The maximum atomic E-state index is 5.65. The van der Waals surface area contributed by atoms with E-state index in [1.54, 1.807) is 6.42 Å². The molecule has 0 aromatic heterocycles. The van der Waals surface area contributed by atoms with Crippen LogP contribution in [0, 0.1) is 18.8 Å². The Morgan fingerprint density at radius 3 is 2.12 bits per heavy atom. The predicted molar refractivity (Wildman–Crippen MR) is 65.2 cm³/mol. The number of hydrogen-bond donors (Lipinski definition) is 0. The van der Waals surface area contributed by atoms with Gasteiger partial charge >= 0.3 is 0 Å². The number of benzene rings is 2. The second-order valence-electron chi connectivity index (χ2n) is 3.30. The molecule has 0 saturated heterocycles. The summed E-state index contributed by atoms with van der Waals surface area (Å²) in [5.74, 6) is 4.12. The molecule has 0 unspecified atom stereocenters. The quantitative estimate of drug-likeness (QED) is 0.698. The first kappa shape index (κ1) is 10.3. The molecular weight excluding hydrogens is 196 g/mol. The van der Waals surface area contributed by atoms with Gasteiger partial charge in [0.1, 0.15) is 11.5 Å². The van der Waals surface area contributed by atoms with Crippen LogP contribution in [0.25, 0.3) is 0 Å². The van der Waals surface area contributed by atoms with Gasteiger partial charge in [-0.2, -0.15) is 0 Å². The highest BCUT2D eigenvalue weighted by molar-refractivity contribution is 5.37. The van der Waals surface area contributed by atoms with E-state index in [1.807, 2.05) is 54.6 Å². The highest BCUT2D eigenvalue weighted by atomic mass is 16.5. The second-order valence-corrected chi connectivity index (χ2v) is 3.30. The standard InChI is InChI=1S/C15H11O/c1-2-6-13-9-11-15(12-10-13)16-14-7-4-3-5-8-14/h1,3-12H. The first-order valence-electron chi connectivity index (χ1n) is 5.01. The minimum absolute atomic E-state index is 0.806. The average molecular weight is 207 g/mol. The third kappa shape index (κ3) is 2.65. The van der Waals surface area contributed by atoms with Gasteiger partial charge in [-0.3, -0.25) is 0 Å². The van der Waals surface area contributed by atoms with E-state index in [2.05, 4.69) is 5.92 Å². The Balaban J connectivity index is 2.09. The fourth-order valence-corrected chi connectivity index (χ4v) is 1.35. The van der Waals surface area contributed by atoms with Crippen molar-refractivity contribution in [2.75, 3.05) is 0 Å². The summed E-state index contributed by atoms with van der Waals surface area (Å²) in [6.07, 6.45) is 6.90. The largest absolute Gasteiger partial charge is 0.457 e. The van der Waals surface area contributed by atoms with Gasteiger partial charge in [0.25, 0.3) is 0 Å². The summed E-state index contributed by atoms with van der Waals surface area (Å²) in [4.78, 5) is 0. The molecule has 0 aliphatic carbocycles. The van der Waals surface area contributed by atoms with Crippen molar-refractivity contribution in [1.82, 2.24) is 0 Å². The molecule has 1 nitrogen and oxygen atoms in total. The Morgan fingerprint density at radius 2 is 1.50 bits per heavy atom. The Morgan fingerprint density at radius 1 is 0.875 bits per heavy atom. The average Bonchev–Trinajstić information content (AvgIpc) is 2.33. The maximum Gasteiger partial charge on any atom is 0.127 e. The van der Waals surface area contributed by atoms with E-state index in [-0.39, 0.29) is 0 Å². The van der Waals surface area contributed by atoms with Crippen LogP contribution in [-0.4, -0.2) is 0 Å². The van der Waals surface area contributed by atoms with Crippen molar-refractivity contribution in [3.05, 3.63) is 66.6 Å². The smallest absolute Gasteiger partial charge is 0.127 e. The van der Waals surface area contributed by atoms with Crippen molar-refractivity contribution in [2.24, 2.45) is 0 Å². The number of ether oxygens (including phenoxy) is 1. The second kappa shape index (κ2) is 5.04. The van der Waals surface area contributed by atoms with Crippen LogP contribution in [0.3, 0.4) is 0 Å². The zero-order valence-corrected chi connectivity index (χ0v) is 8.76. The molecular formula is C15H11O. The summed E-state index contributed by atoms with van der Waals surface area (Å²) in [6.45, 7) is 0. The molecule has 0 atom stereocenters. The highest BCUT2D eigenvalue weighted by Gasteiger charge is 1.96. The molecule has 16 heavy (non-hydrogen) atoms. The molecule has 0 bridgehead atoms. The van der Waals surface area contributed by atoms with Gasteiger partial charge in [-0.15, -0.1) is 6.42 Å². The zero-order chi connectivity index (χ0) is 11.2. The third-order valence-corrected chi connectivity index (χ3v) is 2.11. The molecule has 0 fully saturated rings. The Kier molecular flexibility index (Phi) is 3.25. The third-order valence-electron chi connectivity index (χ3n) is 2.11. The van der Waals surface area contributed by atoms with Crippen LogP contribution < -0.4 is 4.74 Å². The van der Waals surface area contributed by atoms with E-state index < -0.39 is 0 Å². The summed E-state index contributed by atoms with van der Waals surface area (Å²) in [7, 11) is 0. The van der Waals surface area contributed by atoms with E-state index >= 15 is 0 Å². The van der Waals surface area contributed by atoms with Crippen LogP contribution in [0.2, 0.25) is 0 Å². The first-order valence-corrected chi connectivity index (χ1v) is 5.01. The monoisotopic (exact) mass is 207 g/mol. The van der Waals surface area contributed by atoms with Gasteiger partial charge in [0, 0.05) is 0 Å². The van der Waals surface area contributed by atoms with Gasteiger partial charge in [-0.05, 0) is 29.8 Å². The normalized spacial score (nSPS) is 9.44. The van der Waals surface area contributed by atoms with Gasteiger partial charge in [0.05, 0.1) is 6.42 Å². The van der Waals surface area contributed by atoms with Gasteiger partial charge in [0.15, 0.2) is 0 Å². The molecule has 0 saturated carbocycles. The molecule has 0 N–H and O–H groups in total. The molecule has 1 heteroatoms. The fourth-order valence-electron chi connectivity index (χ4n) is 1.35. The molecule has 2 aromatic carbocycles. The maximum absolute atomic E-state index is 5.65. The summed E-state index contributed by atoms with van der Waals surface area (Å²) in [5, 5.41) is 0. The topological polar surface area (TPSA) is 9.23 Å². The Bertz CT molecular complexity index is 477. The van der Waals surface area contributed by atoms with Gasteiger partial charge in [0.2, 0.25) is 0 Å². The number of hydrogen-bond acceptors (Lipinski definition) is 1. The highest BCUT2D eigenvalue weighted by Crippen LogP contribution is 2.21. The molecule has 0 aliphatic heterocycles. The summed E-state index contributed by atoms with van der Waals surface area (Å²) in [5.41, 5.74) is 1.00. The number of terminal acetylenes is 1. The predicted octanol–water partition coefficient (Wildman–Crippen LogP) is 3.66. The lowest BCUT2D eigenvalue weighted by atomic mass is 10.1. The van der Waals surface area contributed by atoms with Crippen LogP contribution in [-0.2, 0) is 0 Å². The molecule has 2 aromatic rings. The fraction of sp³-hybridized carbons (Fsp3) is 0. The van der Waals surface area contributed by atoms with E-state index in [0.29, 0.717) is 0 Å². The minimum atomic E-state index is 0.806. The molecule has 1 radical (unpaired) electrons. The number of para-hydroxylation sites is 1. The van der Waals surface area contributed by atoms with Crippen molar-refractivity contribution in [2.45, 2.75) is 0 Å². The Labute approximate surface area is 95.7 Å². The lowest BCUT2D eigenvalue weighted by Crippen LogP contribution is -1.84. The van der Waals surface area contributed by atoms with Crippen molar-refractivity contribution < 1.29 is 4.74 Å². The van der Waals surface area contributed by atoms with E-state index in [1.165, 1.54) is 0 Å². The van der Waals surface area contributed by atoms with Crippen molar-refractivity contribution in [3.63, 3.8) is 0 Å². The van der Waals surface area contributed by atoms with Crippen LogP contribution in [0.4, 0.5) is 0 Å². The van der Waals surface area contributed by atoms with Gasteiger partial charge in [-0.1, -0.05) is 36.3 Å². The van der Waals surface area contributed by atoms with Crippen LogP contribution in [0.1, 0.15) is 5.56 Å². The van der Waals surface area contributed by atoms with Crippen LogP contribution in [0.15, 0.2) is 54.6 Å². The summed E-state index contributed by atoms with van der Waals surface area (Å²) in [6, 6.07) is 17.3. The van der Waals surface area contributed by atoms with Gasteiger partial charge < -0.3 is 4.74 Å². The number of rotatable bonds is 3. The lowest BCUT2D eigenvalue weighted by Gasteiger charge is -2.05. The van der Waals surface area contributed by atoms with Crippen molar-refractivity contribution >= 4 is 0 Å². The van der Waals surface area contributed by atoms with E-state index in [4.69, 9.17) is 11.2 Å². The van der Waals surface area contributed by atoms with E-state index in [0.717, 1.165) is 17.1 Å². The molecule has 0 spiro atoms. The zero-order valence-electron chi connectivity index (χ0n) is 8.76. The van der Waals surface area contributed by atoms with Gasteiger partial charge in [-0.25, -0.2) is 0 Å². The molecule has 77 valence electrons. The molecule has 0 heterocycles. The summed E-state index contributed by atoms with van der Waals surface area (Å²) < 4.78 is 5.65.